The normalized spacial score (nSPS) is 11.2. The molecule has 3 heterocycles. The predicted octanol–water partition coefficient (Wildman–Crippen LogP) is 2.68. The fourth-order valence-electron chi connectivity index (χ4n) is 3.37. The minimum absolute atomic E-state index is 0.137. The molecule has 1 aromatic carbocycles. The van der Waals surface area contributed by atoms with Crippen LogP contribution in [0.3, 0.4) is 0 Å². The summed E-state index contributed by atoms with van der Waals surface area (Å²) in [5, 5.41) is 7.27. The molecule has 4 rings (SSSR count). The van der Waals surface area contributed by atoms with E-state index in [4.69, 9.17) is 0 Å². The second kappa shape index (κ2) is 6.75. The van der Waals surface area contributed by atoms with Crippen molar-refractivity contribution in [1.82, 2.24) is 29.6 Å². The SMILES string of the molecule is Cc1ccc(C)n1-c1c(C(=O)NCCc2nc3ccccc3[nH]2)cnn1C. The maximum atomic E-state index is 12.8. The summed E-state index contributed by atoms with van der Waals surface area (Å²) in [4.78, 5) is 20.6. The molecule has 1 amide bonds. The Balaban J connectivity index is 1.49. The zero-order chi connectivity index (χ0) is 19.0. The minimum atomic E-state index is -0.137. The summed E-state index contributed by atoms with van der Waals surface area (Å²) >= 11 is 0. The molecule has 0 atom stereocenters. The van der Waals surface area contributed by atoms with E-state index < -0.39 is 0 Å². The number of hydrogen-bond acceptors (Lipinski definition) is 3. The van der Waals surface area contributed by atoms with Gasteiger partial charge in [-0.2, -0.15) is 5.10 Å². The van der Waals surface area contributed by atoms with Gasteiger partial charge in [0.2, 0.25) is 0 Å². The van der Waals surface area contributed by atoms with Crippen LogP contribution < -0.4 is 5.32 Å². The molecule has 3 aromatic heterocycles. The van der Waals surface area contributed by atoms with Gasteiger partial charge in [0.15, 0.2) is 0 Å². The van der Waals surface area contributed by atoms with Gasteiger partial charge in [-0.3, -0.25) is 9.48 Å². The number of para-hydroxylation sites is 2. The van der Waals surface area contributed by atoms with Gasteiger partial charge in [-0.25, -0.2) is 4.98 Å². The zero-order valence-electron chi connectivity index (χ0n) is 15.7. The maximum absolute atomic E-state index is 12.8. The monoisotopic (exact) mass is 362 g/mol. The summed E-state index contributed by atoms with van der Waals surface area (Å²) in [6.07, 6.45) is 2.25. The van der Waals surface area contributed by atoms with E-state index in [-0.39, 0.29) is 5.91 Å². The van der Waals surface area contributed by atoms with E-state index in [2.05, 4.69) is 20.4 Å². The molecule has 138 valence electrons. The standard InChI is InChI=1S/C20H22N6O/c1-13-8-9-14(2)26(13)20-15(12-22-25(20)3)19(27)21-11-10-18-23-16-6-4-5-7-17(16)24-18/h4-9,12H,10-11H2,1-3H3,(H,21,27)(H,23,24). The van der Waals surface area contributed by atoms with Gasteiger partial charge < -0.3 is 14.9 Å². The second-order valence-electron chi connectivity index (χ2n) is 6.66. The van der Waals surface area contributed by atoms with Gasteiger partial charge >= 0.3 is 0 Å². The number of hydrogen-bond donors (Lipinski definition) is 2. The van der Waals surface area contributed by atoms with Crippen LogP contribution >= 0.6 is 0 Å². The molecule has 7 nitrogen and oxygen atoms in total. The molecule has 27 heavy (non-hydrogen) atoms. The Kier molecular flexibility index (Phi) is 4.27. The number of imidazole rings is 1. The molecule has 0 aliphatic heterocycles. The molecule has 0 radical (unpaired) electrons. The van der Waals surface area contributed by atoms with E-state index in [0.717, 1.165) is 34.1 Å². The van der Waals surface area contributed by atoms with Gasteiger partial charge in [0.05, 0.1) is 17.2 Å². The minimum Gasteiger partial charge on any atom is -0.351 e. The van der Waals surface area contributed by atoms with Crippen molar-refractivity contribution in [3.63, 3.8) is 0 Å². The van der Waals surface area contributed by atoms with Crippen molar-refractivity contribution in [2.75, 3.05) is 6.54 Å². The molecule has 2 N–H and O–H groups in total. The Labute approximate surface area is 157 Å². The number of nitrogens with one attached hydrogen (secondary N) is 2. The molecule has 0 spiro atoms. The van der Waals surface area contributed by atoms with Crippen LogP contribution in [0.4, 0.5) is 0 Å². The number of aryl methyl sites for hydroxylation is 3. The number of amides is 1. The molecular weight excluding hydrogens is 340 g/mol. The fraction of sp³-hybridized carbons (Fsp3) is 0.250. The van der Waals surface area contributed by atoms with Crippen LogP contribution in [0.25, 0.3) is 16.9 Å². The van der Waals surface area contributed by atoms with E-state index in [1.54, 1.807) is 10.9 Å². The largest absolute Gasteiger partial charge is 0.351 e. The van der Waals surface area contributed by atoms with Crippen LogP contribution in [0.1, 0.15) is 27.6 Å². The van der Waals surface area contributed by atoms with Crippen molar-refractivity contribution in [3.8, 4) is 5.82 Å². The number of H-pyrrole nitrogens is 1. The first-order chi connectivity index (χ1) is 13.0. The summed E-state index contributed by atoms with van der Waals surface area (Å²) in [5.74, 6) is 1.50. The van der Waals surface area contributed by atoms with Gasteiger partial charge in [-0.05, 0) is 38.1 Å². The lowest BCUT2D eigenvalue weighted by Gasteiger charge is -2.12. The topological polar surface area (TPSA) is 80.5 Å². The molecule has 0 saturated heterocycles. The summed E-state index contributed by atoms with van der Waals surface area (Å²) in [6, 6.07) is 12.0. The van der Waals surface area contributed by atoms with Crippen LogP contribution in [0.15, 0.2) is 42.6 Å². The van der Waals surface area contributed by atoms with Crippen molar-refractivity contribution in [2.45, 2.75) is 20.3 Å². The summed E-state index contributed by atoms with van der Waals surface area (Å²) in [5.41, 5.74) is 4.63. The van der Waals surface area contributed by atoms with Crippen LogP contribution in [0.2, 0.25) is 0 Å². The van der Waals surface area contributed by atoms with E-state index >= 15 is 0 Å². The molecule has 0 unspecified atom stereocenters. The van der Waals surface area contributed by atoms with E-state index in [0.29, 0.717) is 18.5 Å². The third kappa shape index (κ3) is 3.12. The highest BCUT2D eigenvalue weighted by Crippen LogP contribution is 2.19. The van der Waals surface area contributed by atoms with Crippen molar-refractivity contribution in [1.29, 1.82) is 0 Å². The van der Waals surface area contributed by atoms with Crippen LogP contribution in [0, 0.1) is 13.8 Å². The Morgan fingerprint density at radius 1 is 1.15 bits per heavy atom. The van der Waals surface area contributed by atoms with E-state index in [9.17, 15) is 4.79 Å². The number of carbonyl (C=O) groups is 1. The first-order valence-electron chi connectivity index (χ1n) is 8.93. The van der Waals surface area contributed by atoms with Crippen molar-refractivity contribution >= 4 is 16.9 Å². The average molecular weight is 362 g/mol. The second-order valence-corrected chi connectivity index (χ2v) is 6.66. The summed E-state index contributed by atoms with van der Waals surface area (Å²) in [6.45, 7) is 4.53. The Morgan fingerprint density at radius 3 is 2.63 bits per heavy atom. The predicted molar refractivity (Wildman–Crippen MR) is 104 cm³/mol. The zero-order valence-corrected chi connectivity index (χ0v) is 15.7. The van der Waals surface area contributed by atoms with Gasteiger partial charge in [0, 0.05) is 31.4 Å². The van der Waals surface area contributed by atoms with Gasteiger partial charge in [-0.15, -0.1) is 0 Å². The number of rotatable bonds is 5. The molecular formula is C20H22N6O. The van der Waals surface area contributed by atoms with Crippen molar-refractivity contribution < 1.29 is 4.79 Å². The Morgan fingerprint density at radius 2 is 1.89 bits per heavy atom. The first-order valence-corrected chi connectivity index (χ1v) is 8.93. The van der Waals surface area contributed by atoms with E-state index in [1.807, 2.05) is 61.9 Å². The molecule has 0 fully saturated rings. The van der Waals surface area contributed by atoms with Crippen LogP contribution in [-0.2, 0) is 13.5 Å². The lowest BCUT2D eigenvalue weighted by Crippen LogP contribution is -2.27. The highest BCUT2D eigenvalue weighted by atomic mass is 16.1. The number of carbonyl (C=O) groups excluding carboxylic acids is 1. The quantitative estimate of drug-likeness (QED) is 0.573. The third-order valence-corrected chi connectivity index (χ3v) is 4.72. The molecule has 0 aliphatic rings. The van der Waals surface area contributed by atoms with E-state index in [1.165, 1.54) is 0 Å². The molecule has 7 heteroatoms. The van der Waals surface area contributed by atoms with Gasteiger partial charge in [0.25, 0.3) is 5.91 Å². The van der Waals surface area contributed by atoms with Crippen LogP contribution in [-0.4, -0.2) is 36.8 Å². The number of fused-ring (bicyclic) bond motifs is 1. The van der Waals surface area contributed by atoms with Gasteiger partial charge in [-0.1, -0.05) is 12.1 Å². The highest BCUT2D eigenvalue weighted by Gasteiger charge is 2.19. The maximum Gasteiger partial charge on any atom is 0.256 e. The van der Waals surface area contributed by atoms with Gasteiger partial charge in [0.1, 0.15) is 17.2 Å². The first kappa shape index (κ1) is 17.1. The third-order valence-electron chi connectivity index (χ3n) is 4.72. The Bertz CT molecular complexity index is 1060. The van der Waals surface area contributed by atoms with Crippen molar-refractivity contribution in [2.24, 2.45) is 7.05 Å². The van der Waals surface area contributed by atoms with Crippen LogP contribution in [0.5, 0.6) is 0 Å². The highest BCUT2D eigenvalue weighted by molar-refractivity contribution is 5.97. The average Bonchev–Trinajstić information content (AvgIpc) is 3.32. The lowest BCUT2D eigenvalue weighted by atomic mass is 10.2. The molecule has 0 bridgehead atoms. The lowest BCUT2D eigenvalue weighted by molar-refractivity contribution is 0.0954. The number of aromatic nitrogens is 5. The number of nitrogens with zero attached hydrogens (tertiary/aromatic N) is 4. The number of benzene rings is 1. The Hall–Kier alpha value is -3.35. The number of aromatic amines is 1. The molecule has 4 aromatic rings. The van der Waals surface area contributed by atoms with Crippen molar-refractivity contribution in [3.05, 3.63) is 65.4 Å². The summed E-state index contributed by atoms with van der Waals surface area (Å²) < 4.78 is 3.77. The molecule has 0 saturated carbocycles. The molecule has 0 aliphatic carbocycles. The summed E-state index contributed by atoms with van der Waals surface area (Å²) in [7, 11) is 1.85. The fourth-order valence-corrected chi connectivity index (χ4v) is 3.37. The smallest absolute Gasteiger partial charge is 0.256 e.